The third kappa shape index (κ3) is 36.1. The first-order valence-electron chi connectivity index (χ1n) is 5.82. The number of hydrogen-bond acceptors (Lipinski definition) is 4. The van der Waals surface area contributed by atoms with Crippen molar-refractivity contribution in [1.82, 2.24) is 0 Å². The maximum atomic E-state index is 5.27. The van der Waals surface area contributed by atoms with Crippen LogP contribution in [0.1, 0.15) is 55.4 Å². The Morgan fingerprint density at radius 3 is 1.06 bits per heavy atom. The molecule has 0 aliphatic rings. The Kier molecular flexibility index (Phi) is 29.6. The molecule has 0 bridgehead atoms. The zero-order valence-electron chi connectivity index (χ0n) is 13.0. The van der Waals surface area contributed by atoms with Crippen LogP contribution in [-0.4, -0.2) is 38.1 Å². The van der Waals surface area contributed by atoms with Crippen LogP contribution in [-0.2, 0) is 33.5 Å². The molecule has 0 saturated heterocycles. The second-order valence-corrected chi connectivity index (χ2v) is 8.80. The predicted molar refractivity (Wildman–Crippen MR) is 91.1 cm³/mol. The Bertz CT molecular complexity index is 134. The first kappa shape index (κ1) is 28.1. The van der Waals surface area contributed by atoms with Gasteiger partial charge in [-0.15, -0.1) is 0 Å². The van der Waals surface area contributed by atoms with E-state index in [1.54, 1.807) is 0 Å². The van der Waals surface area contributed by atoms with Gasteiger partial charge in [0, 0.05) is 6.12 Å². The largest absolute Gasteiger partial charge is 1.00 e. The van der Waals surface area contributed by atoms with Gasteiger partial charge < -0.3 is 24.5 Å². The molecular formula is C12H28InO2PS2. The average molecular weight is 414 g/mol. The minimum Gasteiger partial charge on any atom is -0.515 e. The topological polar surface area (TPSA) is 18.5 Å². The molecule has 0 aliphatic heterocycles. The van der Waals surface area contributed by atoms with Gasteiger partial charge in [0.1, 0.15) is 0 Å². The Morgan fingerprint density at radius 1 is 0.778 bits per heavy atom. The molecule has 0 aromatic heterocycles. The third-order valence-corrected chi connectivity index (χ3v) is 3.07. The van der Waals surface area contributed by atoms with Crippen LogP contribution in [0.15, 0.2) is 0 Å². The van der Waals surface area contributed by atoms with Crippen LogP contribution in [0.4, 0.5) is 0 Å². The molecule has 0 spiro atoms. The Balaban J connectivity index is -0.000000119. The fourth-order valence-corrected chi connectivity index (χ4v) is 3.69. The zero-order valence-corrected chi connectivity index (χ0v) is 18.8. The van der Waals surface area contributed by atoms with Crippen molar-refractivity contribution in [3.63, 3.8) is 0 Å². The van der Waals surface area contributed by atoms with Crippen LogP contribution in [0, 0.1) is 12.8 Å². The molecule has 0 heterocycles. The summed E-state index contributed by atoms with van der Waals surface area (Å²) in [5.74, 6) is 0. The van der Waals surface area contributed by atoms with Crippen molar-refractivity contribution in [1.29, 1.82) is 0 Å². The van der Waals surface area contributed by atoms with Crippen LogP contribution in [0.3, 0.4) is 0 Å². The molecule has 0 atom stereocenters. The first-order chi connectivity index (χ1) is 7.66. The summed E-state index contributed by atoms with van der Waals surface area (Å²) in [4.78, 5) is 0. The molecule has 6 heteroatoms. The minimum absolute atomic E-state index is 0. The molecule has 4 radical (unpaired) electrons. The maximum absolute atomic E-state index is 5.27. The molecule has 18 heavy (non-hydrogen) atoms. The van der Waals surface area contributed by atoms with E-state index in [-0.39, 0.29) is 38.1 Å². The minimum atomic E-state index is -2.39. The average Bonchev–Trinajstić information content (AvgIpc) is 2.00. The van der Waals surface area contributed by atoms with E-state index in [1.165, 1.54) is 0 Å². The summed E-state index contributed by atoms with van der Waals surface area (Å²) in [6.45, 7) is 15.6. The third-order valence-electron chi connectivity index (χ3n) is 0.680. The molecule has 0 fully saturated rings. The Hall–Kier alpha value is 1.92. The smallest absolute Gasteiger partial charge is 0.515 e. The second kappa shape index (κ2) is 18.9. The molecule has 2 nitrogen and oxygen atoms in total. The summed E-state index contributed by atoms with van der Waals surface area (Å²) < 4.78 is 10.5. The normalized spacial score (nSPS) is 10.0. The van der Waals surface area contributed by atoms with Gasteiger partial charge in [0.25, 0.3) is 0 Å². The van der Waals surface area contributed by atoms with Crippen LogP contribution in [0.25, 0.3) is 0 Å². The number of hydrogen-bond donors (Lipinski definition) is 0. The Labute approximate surface area is 145 Å². The SMILES string of the molecule is CC(C)O[P+]([S-])([S-])OC(C)C.C[CH]C.C[CH]C.[In+]. The van der Waals surface area contributed by atoms with Gasteiger partial charge in [-0.3, -0.25) is 0 Å². The van der Waals surface area contributed by atoms with Crippen LogP contribution in [0.2, 0.25) is 0 Å². The molecule has 0 amide bonds. The van der Waals surface area contributed by atoms with Gasteiger partial charge in [-0.1, -0.05) is 27.7 Å². The number of rotatable bonds is 4. The van der Waals surface area contributed by atoms with E-state index < -0.39 is 6.12 Å². The van der Waals surface area contributed by atoms with E-state index in [1.807, 2.05) is 68.2 Å². The summed E-state index contributed by atoms with van der Waals surface area (Å²) in [5.41, 5.74) is 0. The van der Waals surface area contributed by atoms with Gasteiger partial charge in [-0.2, -0.15) is 0 Å². The molecule has 0 aromatic carbocycles. The van der Waals surface area contributed by atoms with Crippen molar-refractivity contribution in [3.05, 3.63) is 12.8 Å². The molecule has 0 aliphatic carbocycles. The van der Waals surface area contributed by atoms with Gasteiger partial charge in [0.05, 0.1) is 12.2 Å². The summed E-state index contributed by atoms with van der Waals surface area (Å²) in [5, 5.41) is 0. The fraction of sp³-hybridized carbons (Fsp3) is 0.833. The van der Waals surface area contributed by atoms with Gasteiger partial charge in [0.2, 0.25) is 0 Å². The van der Waals surface area contributed by atoms with Gasteiger partial charge >= 0.3 is 25.8 Å². The fourth-order valence-electron chi connectivity index (χ4n) is 0.541. The van der Waals surface area contributed by atoms with Gasteiger partial charge in [-0.25, -0.2) is 9.05 Å². The van der Waals surface area contributed by atoms with E-state index in [9.17, 15) is 0 Å². The summed E-state index contributed by atoms with van der Waals surface area (Å²) >= 11 is 9.95. The van der Waals surface area contributed by atoms with Crippen molar-refractivity contribution in [2.45, 2.75) is 67.6 Å². The molecule has 0 N–H and O–H groups in total. The van der Waals surface area contributed by atoms with Crippen molar-refractivity contribution < 1.29 is 9.05 Å². The van der Waals surface area contributed by atoms with E-state index in [0.717, 1.165) is 0 Å². The van der Waals surface area contributed by atoms with E-state index in [4.69, 9.17) is 33.5 Å². The van der Waals surface area contributed by atoms with Crippen LogP contribution in [0.5, 0.6) is 0 Å². The zero-order chi connectivity index (χ0) is 14.5. The monoisotopic (exact) mass is 414 g/mol. The van der Waals surface area contributed by atoms with Crippen molar-refractivity contribution in [2.75, 3.05) is 0 Å². The van der Waals surface area contributed by atoms with Crippen molar-refractivity contribution in [2.24, 2.45) is 0 Å². The van der Waals surface area contributed by atoms with Gasteiger partial charge in [-0.05, 0) is 40.5 Å². The quantitative estimate of drug-likeness (QED) is 0.491. The summed E-state index contributed by atoms with van der Waals surface area (Å²) in [6, 6.07) is 0. The van der Waals surface area contributed by atoms with E-state index >= 15 is 0 Å². The summed E-state index contributed by atoms with van der Waals surface area (Å²) in [7, 11) is 0. The predicted octanol–water partition coefficient (Wildman–Crippen LogP) is 4.69. The second-order valence-electron chi connectivity index (χ2n) is 3.91. The molecule has 0 aromatic rings. The van der Waals surface area contributed by atoms with Crippen LogP contribution < -0.4 is 0 Å². The summed E-state index contributed by atoms with van der Waals surface area (Å²) in [6.07, 6.45) is 1.72. The maximum Gasteiger partial charge on any atom is 1.00 e. The van der Waals surface area contributed by atoms with E-state index in [2.05, 4.69) is 0 Å². The molecule has 0 saturated carbocycles. The van der Waals surface area contributed by atoms with Gasteiger partial charge in [0.15, 0.2) is 0 Å². The van der Waals surface area contributed by atoms with E-state index in [0.29, 0.717) is 0 Å². The van der Waals surface area contributed by atoms with Crippen LogP contribution >= 0.6 is 6.12 Å². The molecule has 108 valence electrons. The Morgan fingerprint density at radius 2 is 0.944 bits per heavy atom. The van der Waals surface area contributed by atoms with Crippen molar-refractivity contribution in [3.8, 4) is 0 Å². The van der Waals surface area contributed by atoms with Crippen molar-refractivity contribution >= 4 is 56.5 Å². The standard InChI is InChI=1S/C6H15O2PS2.2C3H7.In/c1-5(2)7-9(10,11)8-6(3)4;2*1-3-2;/h5-6H,1-4H3,(H,10,11);2*3H,1-2H3;/q;;;+1/p-1. The molecular weight excluding hydrogens is 386 g/mol. The molecule has 0 unspecified atom stereocenters. The first-order valence-corrected chi connectivity index (χ1v) is 9.47. The molecule has 0 rings (SSSR count).